The van der Waals surface area contributed by atoms with Crippen molar-refractivity contribution in [3.05, 3.63) is 29.5 Å². The highest BCUT2D eigenvalue weighted by atomic mass is 19.4. The average Bonchev–Trinajstić information content (AvgIpc) is 2.80. The molecule has 7 heteroatoms. The number of nitrogens with one attached hydrogen (secondary N) is 1. The molecule has 0 atom stereocenters. The quantitative estimate of drug-likeness (QED) is 0.880. The largest absolute Gasteiger partial charge is 0.496 e. The number of aromatic nitrogens is 1. The van der Waals surface area contributed by atoms with Gasteiger partial charge in [0.25, 0.3) is 0 Å². The minimum absolute atomic E-state index is 0.0432. The molecule has 1 N–H and O–H groups in total. The van der Waals surface area contributed by atoms with Crippen molar-refractivity contribution in [1.29, 1.82) is 0 Å². The predicted molar refractivity (Wildman–Crippen MR) is 65.8 cm³/mol. The first-order valence-electron chi connectivity index (χ1n) is 5.82. The number of hydrogen-bond acceptors (Lipinski definition) is 3. The number of alkyl halides is 3. The minimum Gasteiger partial charge on any atom is -0.496 e. The number of fused-ring (bicyclic) bond motifs is 1. The maximum atomic E-state index is 12.8. The smallest absolute Gasteiger partial charge is 0.416 e. The van der Waals surface area contributed by atoms with Crippen molar-refractivity contribution in [3.8, 4) is 5.75 Å². The van der Waals surface area contributed by atoms with Crippen molar-refractivity contribution in [1.82, 2.24) is 4.98 Å². The average molecular weight is 287 g/mol. The molecule has 0 radical (unpaired) electrons. The van der Waals surface area contributed by atoms with Crippen LogP contribution in [0.2, 0.25) is 0 Å². The van der Waals surface area contributed by atoms with Crippen LogP contribution in [0.15, 0.2) is 18.2 Å². The van der Waals surface area contributed by atoms with Crippen LogP contribution in [0.5, 0.6) is 5.75 Å². The van der Waals surface area contributed by atoms with E-state index in [2.05, 4.69) is 4.98 Å². The van der Waals surface area contributed by atoms with E-state index >= 15 is 0 Å². The molecule has 0 unspecified atom stereocenters. The fourth-order valence-electron chi connectivity index (χ4n) is 1.86. The number of aromatic amines is 1. The van der Waals surface area contributed by atoms with E-state index in [9.17, 15) is 18.0 Å². The molecule has 1 heterocycles. The van der Waals surface area contributed by atoms with Crippen LogP contribution >= 0.6 is 0 Å². The second-order valence-corrected chi connectivity index (χ2v) is 4.04. The van der Waals surface area contributed by atoms with Crippen LogP contribution in [0.3, 0.4) is 0 Å². The number of halogens is 3. The SMILES string of the molecule is CCOC(=O)c1cc2c(OC)cc(C(F)(F)F)cc2[nH]1. The summed E-state index contributed by atoms with van der Waals surface area (Å²) in [4.78, 5) is 14.2. The number of benzene rings is 1. The van der Waals surface area contributed by atoms with E-state index in [1.807, 2.05) is 0 Å². The van der Waals surface area contributed by atoms with E-state index in [1.165, 1.54) is 13.2 Å². The van der Waals surface area contributed by atoms with Gasteiger partial charge in [-0.1, -0.05) is 0 Å². The topological polar surface area (TPSA) is 51.3 Å². The summed E-state index contributed by atoms with van der Waals surface area (Å²) in [5.41, 5.74) is -0.599. The standard InChI is InChI=1S/C13H12F3NO3/c1-3-20-12(18)10-6-8-9(17-10)4-7(13(14,15)16)5-11(8)19-2/h4-6,17H,3H2,1-2H3. The summed E-state index contributed by atoms with van der Waals surface area (Å²) in [6.45, 7) is 1.82. The minimum atomic E-state index is -4.49. The van der Waals surface area contributed by atoms with Gasteiger partial charge in [-0.3, -0.25) is 0 Å². The highest BCUT2D eigenvalue weighted by Crippen LogP contribution is 2.36. The van der Waals surface area contributed by atoms with Crippen molar-refractivity contribution in [2.45, 2.75) is 13.1 Å². The molecule has 0 saturated heterocycles. The molecule has 0 saturated carbocycles. The van der Waals surface area contributed by atoms with E-state index in [4.69, 9.17) is 9.47 Å². The lowest BCUT2D eigenvalue weighted by Gasteiger charge is -2.09. The van der Waals surface area contributed by atoms with Gasteiger partial charge in [0.2, 0.25) is 0 Å². The molecule has 108 valence electrons. The second-order valence-electron chi connectivity index (χ2n) is 4.04. The molecule has 0 aliphatic carbocycles. The van der Waals surface area contributed by atoms with Crippen LogP contribution in [-0.2, 0) is 10.9 Å². The highest BCUT2D eigenvalue weighted by Gasteiger charge is 2.32. The van der Waals surface area contributed by atoms with Crippen molar-refractivity contribution in [3.63, 3.8) is 0 Å². The van der Waals surface area contributed by atoms with Gasteiger partial charge >= 0.3 is 12.1 Å². The van der Waals surface area contributed by atoms with Crippen molar-refractivity contribution >= 4 is 16.9 Å². The molecule has 20 heavy (non-hydrogen) atoms. The van der Waals surface area contributed by atoms with Gasteiger partial charge in [-0.25, -0.2) is 4.79 Å². The number of ether oxygens (including phenoxy) is 2. The van der Waals surface area contributed by atoms with Crippen LogP contribution in [0, 0.1) is 0 Å². The number of H-pyrrole nitrogens is 1. The van der Waals surface area contributed by atoms with Crippen LogP contribution in [0.4, 0.5) is 13.2 Å². The maximum Gasteiger partial charge on any atom is 0.416 e. The molecule has 0 aliphatic rings. The summed E-state index contributed by atoms with van der Waals surface area (Å²) in [6, 6.07) is 3.23. The third-order valence-corrected chi connectivity index (χ3v) is 2.74. The first-order valence-corrected chi connectivity index (χ1v) is 5.82. The molecule has 0 aliphatic heterocycles. The van der Waals surface area contributed by atoms with Crippen LogP contribution in [0.25, 0.3) is 10.9 Å². The summed E-state index contributed by atoms with van der Waals surface area (Å²) >= 11 is 0. The van der Waals surface area contributed by atoms with Gasteiger partial charge in [0, 0.05) is 5.39 Å². The van der Waals surface area contributed by atoms with E-state index in [-0.39, 0.29) is 23.6 Å². The molecule has 2 aromatic rings. The summed E-state index contributed by atoms with van der Waals surface area (Å²) in [7, 11) is 1.27. The fraction of sp³-hybridized carbons (Fsp3) is 0.308. The lowest BCUT2D eigenvalue weighted by atomic mass is 10.1. The number of carbonyl (C=O) groups is 1. The van der Waals surface area contributed by atoms with Gasteiger partial charge in [-0.15, -0.1) is 0 Å². The number of rotatable bonds is 3. The molecule has 0 bridgehead atoms. The van der Waals surface area contributed by atoms with E-state index in [0.29, 0.717) is 5.39 Å². The normalized spacial score (nSPS) is 11.7. The third kappa shape index (κ3) is 2.56. The molecule has 1 aromatic carbocycles. The molecular weight excluding hydrogens is 275 g/mol. The van der Waals surface area contributed by atoms with E-state index < -0.39 is 17.7 Å². The summed E-state index contributed by atoms with van der Waals surface area (Å²) in [6.07, 6.45) is -4.49. The van der Waals surface area contributed by atoms with Gasteiger partial charge in [0.05, 0.1) is 24.8 Å². The van der Waals surface area contributed by atoms with E-state index in [0.717, 1.165) is 12.1 Å². The Morgan fingerprint density at radius 3 is 2.55 bits per heavy atom. The highest BCUT2D eigenvalue weighted by molar-refractivity contribution is 5.97. The predicted octanol–water partition coefficient (Wildman–Crippen LogP) is 3.37. The molecule has 1 aromatic heterocycles. The molecule has 0 fully saturated rings. The Labute approximate surface area is 112 Å². The molecule has 2 rings (SSSR count). The van der Waals surface area contributed by atoms with Crippen molar-refractivity contribution < 1.29 is 27.4 Å². The lowest BCUT2D eigenvalue weighted by Crippen LogP contribution is -2.05. The van der Waals surface area contributed by atoms with Gasteiger partial charge in [0.1, 0.15) is 11.4 Å². The van der Waals surface area contributed by atoms with E-state index in [1.54, 1.807) is 6.92 Å². The zero-order valence-electron chi connectivity index (χ0n) is 10.8. The number of methoxy groups -OCH3 is 1. The van der Waals surface area contributed by atoms with Crippen LogP contribution in [-0.4, -0.2) is 24.7 Å². The van der Waals surface area contributed by atoms with Crippen LogP contribution in [0.1, 0.15) is 23.0 Å². The number of carbonyl (C=O) groups excluding carboxylic acids is 1. The molecule has 4 nitrogen and oxygen atoms in total. The van der Waals surface area contributed by atoms with Crippen molar-refractivity contribution in [2.24, 2.45) is 0 Å². The molecular formula is C13H12F3NO3. The van der Waals surface area contributed by atoms with Crippen molar-refractivity contribution in [2.75, 3.05) is 13.7 Å². The Kier molecular flexibility index (Phi) is 3.61. The summed E-state index contributed by atoms with van der Waals surface area (Å²) in [5, 5.41) is 0.392. The second kappa shape index (κ2) is 5.07. The first kappa shape index (κ1) is 14.2. The first-order chi connectivity index (χ1) is 9.36. The van der Waals surface area contributed by atoms with Gasteiger partial charge in [0.15, 0.2) is 0 Å². The Hall–Kier alpha value is -2.18. The molecule has 0 spiro atoms. The zero-order chi connectivity index (χ0) is 14.9. The monoisotopic (exact) mass is 287 g/mol. The van der Waals surface area contributed by atoms with Gasteiger partial charge in [-0.05, 0) is 25.1 Å². The lowest BCUT2D eigenvalue weighted by molar-refractivity contribution is -0.137. The third-order valence-electron chi connectivity index (χ3n) is 2.74. The Morgan fingerprint density at radius 1 is 1.30 bits per heavy atom. The zero-order valence-corrected chi connectivity index (χ0v) is 10.8. The van der Waals surface area contributed by atoms with Crippen LogP contribution < -0.4 is 4.74 Å². The fourth-order valence-corrected chi connectivity index (χ4v) is 1.86. The maximum absolute atomic E-state index is 12.8. The number of hydrogen-bond donors (Lipinski definition) is 1. The Balaban J connectivity index is 2.58. The Morgan fingerprint density at radius 2 is 2.00 bits per heavy atom. The number of esters is 1. The summed E-state index contributed by atoms with van der Waals surface area (Å²) < 4.78 is 48.0. The summed E-state index contributed by atoms with van der Waals surface area (Å²) in [5.74, 6) is -0.582. The Bertz CT molecular complexity index is 646. The van der Waals surface area contributed by atoms with Gasteiger partial charge in [-0.2, -0.15) is 13.2 Å². The van der Waals surface area contributed by atoms with Gasteiger partial charge < -0.3 is 14.5 Å². The molecule has 0 amide bonds.